The van der Waals surface area contributed by atoms with Gasteiger partial charge in [-0.15, -0.1) is 0 Å². The Hall–Kier alpha value is -5.95. The summed E-state index contributed by atoms with van der Waals surface area (Å²) in [5.74, 6) is 0. The molecule has 0 fully saturated rings. The quantitative estimate of drug-likeness (QED) is 0.160. The topological polar surface area (TPSA) is 9.72 Å². The van der Waals surface area contributed by atoms with Crippen molar-refractivity contribution in [3.8, 4) is 11.1 Å². The summed E-state index contributed by atoms with van der Waals surface area (Å²) >= 11 is 3.92. The molecule has 6 heteroatoms. The highest BCUT2D eigenvalue weighted by atomic mass is 32.2. The van der Waals surface area contributed by atoms with Gasteiger partial charge in [0.05, 0.1) is 17.1 Å². The Morgan fingerprint density at radius 1 is 0.476 bits per heavy atom. The third-order valence-corrected chi connectivity index (χ3v) is 17.7. The normalized spacial score (nSPS) is 17.4. The third-order valence-electron chi connectivity index (χ3n) is 15.0. The molecule has 0 atom stereocenters. The molecule has 0 unspecified atom stereocenters. The lowest BCUT2D eigenvalue weighted by Gasteiger charge is -2.44. The van der Waals surface area contributed by atoms with Gasteiger partial charge in [-0.25, -0.2) is 0 Å². The average molecular weight is 850 g/mol. The van der Waals surface area contributed by atoms with Crippen molar-refractivity contribution in [3.05, 3.63) is 179 Å². The molecule has 7 aromatic carbocycles. The number of para-hydroxylation sites is 3. The van der Waals surface area contributed by atoms with Gasteiger partial charge in [0.2, 0.25) is 0 Å². The van der Waals surface area contributed by atoms with E-state index in [-0.39, 0.29) is 23.0 Å². The molecule has 13 rings (SSSR count). The van der Waals surface area contributed by atoms with Crippen molar-refractivity contribution in [1.29, 1.82) is 0 Å². The monoisotopic (exact) mass is 849 g/mol. The van der Waals surface area contributed by atoms with Gasteiger partial charge in [0.15, 0.2) is 0 Å². The zero-order valence-electron chi connectivity index (χ0n) is 36.7. The summed E-state index contributed by atoms with van der Waals surface area (Å²) in [4.78, 5) is 11.7. The first kappa shape index (κ1) is 37.6. The van der Waals surface area contributed by atoms with Gasteiger partial charge in [-0.3, -0.25) is 0 Å². The Morgan fingerprint density at radius 3 is 1.84 bits per heavy atom. The predicted octanol–water partition coefficient (Wildman–Crippen LogP) is 14.4. The first-order chi connectivity index (χ1) is 30.5. The van der Waals surface area contributed by atoms with E-state index in [4.69, 9.17) is 0 Å². The molecule has 0 N–H and O–H groups in total. The fourth-order valence-corrected chi connectivity index (χ4v) is 14.4. The molecule has 8 aromatic rings. The maximum absolute atomic E-state index is 2.59. The van der Waals surface area contributed by atoms with Crippen molar-refractivity contribution in [2.45, 2.75) is 80.4 Å². The summed E-state index contributed by atoms with van der Waals surface area (Å²) < 4.78 is 1.43. The number of hydrogen-bond donors (Lipinski definition) is 0. The summed E-state index contributed by atoms with van der Waals surface area (Å²) in [5.41, 5.74) is 21.0. The van der Waals surface area contributed by atoms with Crippen LogP contribution in [0.4, 0.5) is 51.2 Å². The SMILES string of the molecule is CC1(C)CCC(C)(C)c2cc(N3c4ccc5c(c4)N(c4ccccc4Sc4ccccc43)c3cccc4c3B5c3sc5c(c3N4c3ccccc3)-c3ccccc3C5(C)C)ccc21. The van der Waals surface area contributed by atoms with Gasteiger partial charge >= 0.3 is 0 Å². The van der Waals surface area contributed by atoms with Crippen molar-refractivity contribution in [3.63, 3.8) is 0 Å². The Morgan fingerprint density at radius 2 is 1.08 bits per heavy atom. The minimum atomic E-state index is -0.113. The van der Waals surface area contributed by atoms with Gasteiger partial charge in [0.25, 0.3) is 6.71 Å². The van der Waals surface area contributed by atoms with E-state index in [0.717, 1.165) is 0 Å². The van der Waals surface area contributed by atoms with Gasteiger partial charge in [-0.05, 0) is 130 Å². The summed E-state index contributed by atoms with van der Waals surface area (Å²) in [6.45, 7) is 14.6. The largest absolute Gasteiger partial charge is 0.310 e. The second-order valence-electron chi connectivity index (χ2n) is 20.0. The van der Waals surface area contributed by atoms with E-state index in [0.29, 0.717) is 0 Å². The first-order valence-electron chi connectivity index (χ1n) is 22.5. The predicted molar refractivity (Wildman–Crippen MR) is 270 cm³/mol. The van der Waals surface area contributed by atoms with Gasteiger partial charge in [-0.2, -0.15) is 11.3 Å². The fourth-order valence-electron chi connectivity index (χ4n) is 11.8. The van der Waals surface area contributed by atoms with E-state index in [9.17, 15) is 0 Å². The van der Waals surface area contributed by atoms with E-state index >= 15 is 0 Å². The molecule has 3 nitrogen and oxygen atoms in total. The standard InChI is InChI=1S/C57H48BN3S2/c1-55(2)31-32-56(3,4)41-33-36(27-29-40(41)55)59-37-28-30-42-47(34-37)61(44-22-13-15-26-49(44)62-48-25-14-12-21-43(48)59)46-24-16-23-45-51(46)58(42)54-52(60(45)35-17-8-7-9-18-35)50-38-19-10-11-20-39(38)57(5,6)53(50)63-54/h7-30,33-34H,31-32H2,1-6H3. The van der Waals surface area contributed by atoms with Crippen LogP contribution in [0.3, 0.4) is 0 Å². The molecule has 1 aromatic heterocycles. The van der Waals surface area contributed by atoms with E-state index in [1.54, 1.807) is 0 Å². The summed E-state index contributed by atoms with van der Waals surface area (Å²) in [7, 11) is 0. The van der Waals surface area contributed by atoms with Crippen LogP contribution in [-0.4, -0.2) is 6.71 Å². The lowest BCUT2D eigenvalue weighted by Crippen LogP contribution is -2.60. The molecule has 0 amide bonds. The smallest absolute Gasteiger partial charge is 0.264 e. The molecule has 3 aliphatic heterocycles. The van der Waals surface area contributed by atoms with Gasteiger partial charge in [0.1, 0.15) is 0 Å². The number of anilines is 9. The lowest BCUT2D eigenvalue weighted by molar-refractivity contribution is 0.332. The van der Waals surface area contributed by atoms with Crippen LogP contribution in [0.2, 0.25) is 0 Å². The van der Waals surface area contributed by atoms with Crippen molar-refractivity contribution in [2.75, 3.05) is 14.7 Å². The third kappa shape index (κ3) is 5.17. The Balaban J connectivity index is 1.11. The average Bonchev–Trinajstić information content (AvgIpc) is 3.79. The van der Waals surface area contributed by atoms with Crippen LogP contribution in [0.25, 0.3) is 11.1 Å². The highest BCUT2D eigenvalue weighted by Crippen LogP contribution is 2.59. The molecule has 2 aliphatic carbocycles. The van der Waals surface area contributed by atoms with Gasteiger partial charge < -0.3 is 14.7 Å². The van der Waals surface area contributed by atoms with E-state index < -0.39 is 0 Å². The van der Waals surface area contributed by atoms with Gasteiger partial charge in [0, 0.05) is 64.5 Å². The van der Waals surface area contributed by atoms with Crippen LogP contribution in [0.15, 0.2) is 168 Å². The maximum atomic E-state index is 2.59. The number of hydrogen-bond acceptors (Lipinski definition) is 5. The molecule has 0 spiro atoms. The number of thiophene rings is 1. The molecule has 5 aliphatic rings. The van der Waals surface area contributed by atoms with Crippen molar-refractivity contribution in [1.82, 2.24) is 0 Å². The zero-order valence-corrected chi connectivity index (χ0v) is 38.3. The van der Waals surface area contributed by atoms with Crippen LogP contribution in [0.5, 0.6) is 0 Å². The van der Waals surface area contributed by atoms with E-state index in [1.807, 2.05) is 23.1 Å². The van der Waals surface area contributed by atoms with Crippen LogP contribution in [0.1, 0.15) is 76.0 Å². The van der Waals surface area contributed by atoms with Crippen LogP contribution in [0, 0.1) is 0 Å². The molecular weight excluding hydrogens is 802 g/mol. The molecule has 0 saturated carbocycles. The van der Waals surface area contributed by atoms with Crippen LogP contribution < -0.4 is 30.4 Å². The van der Waals surface area contributed by atoms with E-state index in [1.165, 1.54) is 122 Å². The first-order valence-corrected chi connectivity index (χ1v) is 24.1. The van der Waals surface area contributed by atoms with Crippen molar-refractivity contribution < 1.29 is 0 Å². The van der Waals surface area contributed by atoms with Crippen molar-refractivity contribution in [2.24, 2.45) is 0 Å². The lowest BCUT2D eigenvalue weighted by atomic mass is 9.36. The Labute approximate surface area is 380 Å². The van der Waals surface area contributed by atoms with Crippen molar-refractivity contribution >= 4 is 96.7 Å². The fraction of sp³-hybridized carbons (Fsp3) is 0.193. The highest BCUT2D eigenvalue weighted by Gasteiger charge is 2.50. The molecule has 306 valence electrons. The minimum absolute atomic E-state index is 0.0558. The molecule has 4 heterocycles. The number of benzene rings is 7. The van der Waals surface area contributed by atoms with Crippen LogP contribution >= 0.6 is 23.1 Å². The molecular formula is C57H48BN3S2. The highest BCUT2D eigenvalue weighted by molar-refractivity contribution is 7.99. The van der Waals surface area contributed by atoms with Crippen LogP contribution in [-0.2, 0) is 16.2 Å². The second-order valence-corrected chi connectivity index (χ2v) is 22.1. The molecule has 63 heavy (non-hydrogen) atoms. The summed E-state index contributed by atoms with van der Waals surface area (Å²) in [5, 5.41) is 0. The van der Waals surface area contributed by atoms with Gasteiger partial charge in [-0.1, -0.05) is 138 Å². The zero-order chi connectivity index (χ0) is 42.6. The molecule has 0 radical (unpaired) electrons. The number of fused-ring (bicyclic) bond motifs is 13. The minimum Gasteiger partial charge on any atom is -0.310 e. The summed E-state index contributed by atoms with van der Waals surface area (Å²) in [6.07, 6.45) is 2.37. The summed E-state index contributed by atoms with van der Waals surface area (Å²) in [6, 6.07) is 60.1. The number of rotatable bonds is 2. The Bertz CT molecular complexity index is 3230. The molecule has 0 saturated heterocycles. The second kappa shape index (κ2) is 13.1. The maximum Gasteiger partial charge on any atom is 0.264 e. The Kier molecular flexibility index (Phi) is 7.79. The van der Waals surface area contributed by atoms with E-state index in [2.05, 4.69) is 214 Å². The number of nitrogens with zero attached hydrogens (tertiary/aromatic N) is 3. The molecule has 2 bridgehead atoms.